The molecule has 1 unspecified atom stereocenters. The third kappa shape index (κ3) is 4.07. The van der Waals surface area contributed by atoms with Crippen molar-refractivity contribution in [2.24, 2.45) is 0 Å². The van der Waals surface area contributed by atoms with Gasteiger partial charge in [0.25, 0.3) is 5.91 Å². The van der Waals surface area contributed by atoms with Gasteiger partial charge in [0.15, 0.2) is 5.75 Å². The molecule has 1 atom stereocenters. The summed E-state index contributed by atoms with van der Waals surface area (Å²) in [6.45, 7) is 0. The van der Waals surface area contributed by atoms with E-state index in [-0.39, 0.29) is 23.6 Å². The fourth-order valence-corrected chi connectivity index (χ4v) is 6.39. The van der Waals surface area contributed by atoms with E-state index in [9.17, 15) is 19.5 Å². The Bertz CT molecular complexity index is 1610. The zero-order valence-corrected chi connectivity index (χ0v) is 20.9. The number of amides is 1. The van der Waals surface area contributed by atoms with Gasteiger partial charge in [0, 0.05) is 33.8 Å². The van der Waals surface area contributed by atoms with Crippen LogP contribution in [0.2, 0.25) is 0 Å². The van der Waals surface area contributed by atoms with Gasteiger partial charge in [0.1, 0.15) is 17.6 Å². The molecule has 6 rings (SSSR count). The molecule has 2 aliphatic carbocycles. The molecule has 0 saturated heterocycles. The molecule has 0 radical (unpaired) electrons. The van der Waals surface area contributed by atoms with Crippen LogP contribution in [0.5, 0.6) is 5.75 Å². The van der Waals surface area contributed by atoms with Crippen molar-refractivity contribution in [1.29, 1.82) is 0 Å². The number of nitrogens with zero attached hydrogens (tertiary/aromatic N) is 3. The maximum absolute atomic E-state index is 13.0. The van der Waals surface area contributed by atoms with Crippen LogP contribution in [0.4, 0.5) is 0 Å². The first kappa shape index (κ1) is 23.4. The monoisotopic (exact) mass is 516 g/mol. The second kappa shape index (κ2) is 9.11. The van der Waals surface area contributed by atoms with E-state index in [1.807, 2.05) is 10.6 Å². The Morgan fingerprint density at radius 1 is 1.22 bits per heavy atom. The molecule has 0 aliphatic heterocycles. The predicted octanol–water partition coefficient (Wildman–Crippen LogP) is 4.37. The third-order valence-corrected chi connectivity index (χ3v) is 8.26. The van der Waals surface area contributed by atoms with Crippen LogP contribution in [0.1, 0.15) is 69.1 Å². The number of carboxylic acids is 1. The lowest BCUT2D eigenvalue weighted by Gasteiger charge is -2.23. The lowest BCUT2D eigenvalue weighted by atomic mass is 9.93. The Kier molecular flexibility index (Phi) is 5.75. The van der Waals surface area contributed by atoms with Gasteiger partial charge in [-0.3, -0.25) is 9.59 Å². The molecular weight excluding hydrogens is 492 g/mol. The van der Waals surface area contributed by atoms with E-state index in [0.29, 0.717) is 22.3 Å². The second-order valence-electron chi connectivity index (χ2n) is 9.36. The summed E-state index contributed by atoms with van der Waals surface area (Å²) in [5, 5.41) is 13.0. The van der Waals surface area contributed by atoms with E-state index in [1.54, 1.807) is 36.8 Å². The molecule has 9 nitrogen and oxygen atoms in total. The van der Waals surface area contributed by atoms with Gasteiger partial charge in [-0.25, -0.2) is 14.8 Å². The van der Waals surface area contributed by atoms with Crippen LogP contribution in [0, 0.1) is 0 Å². The van der Waals surface area contributed by atoms with Crippen molar-refractivity contribution in [1.82, 2.24) is 19.9 Å². The molecule has 37 heavy (non-hydrogen) atoms. The summed E-state index contributed by atoms with van der Waals surface area (Å²) < 4.78 is 7.77. The third-order valence-electron chi connectivity index (χ3n) is 7.02. The van der Waals surface area contributed by atoms with Gasteiger partial charge in [-0.2, -0.15) is 0 Å². The highest BCUT2D eigenvalue weighted by molar-refractivity contribution is 7.15. The number of aromatic carboxylic acids is 1. The molecule has 1 saturated carbocycles. The number of fused-ring (bicyclic) bond motifs is 2. The van der Waals surface area contributed by atoms with Gasteiger partial charge in [-0.15, -0.1) is 11.3 Å². The average Bonchev–Trinajstić information content (AvgIpc) is 3.66. The van der Waals surface area contributed by atoms with E-state index in [2.05, 4.69) is 21.4 Å². The molecule has 10 heteroatoms. The first-order chi connectivity index (χ1) is 18.0. The molecule has 188 valence electrons. The summed E-state index contributed by atoms with van der Waals surface area (Å²) in [6, 6.07) is 7.23. The van der Waals surface area contributed by atoms with Crippen molar-refractivity contribution in [3.63, 3.8) is 0 Å². The van der Waals surface area contributed by atoms with Crippen LogP contribution in [0.3, 0.4) is 0 Å². The van der Waals surface area contributed by atoms with Crippen LogP contribution in [0.15, 0.2) is 47.8 Å². The molecule has 1 amide bonds. The number of hydrogen-bond donors (Lipinski definition) is 2. The van der Waals surface area contributed by atoms with Crippen LogP contribution < -0.4 is 15.5 Å². The quantitative estimate of drug-likeness (QED) is 0.390. The van der Waals surface area contributed by atoms with Gasteiger partial charge in [0.05, 0.1) is 24.1 Å². The number of ether oxygens (including phenoxy) is 1. The summed E-state index contributed by atoms with van der Waals surface area (Å²) in [5.41, 5.74) is 2.12. The predicted molar refractivity (Wildman–Crippen MR) is 138 cm³/mol. The first-order valence-electron chi connectivity index (χ1n) is 12.1. The van der Waals surface area contributed by atoms with Crippen molar-refractivity contribution in [2.75, 3.05) is 7.11 Å². The van der Waals surface area contributed by atoms with Crippen molar-refractivity contribution in [3.05, 3.63) is 74.9 Å². The smallest absolute Gasteiger partial charge is 0.341 e. The van der Waals surface area contributed by atoms with E-state index >= 15 is 0 Å². The SMILES string of the molecule is COc1c(-c2cc3c(s2)CCCC3NC(=O)c2ccncn2)ccc2c(=O)c(C(=O)O)cn(C3CC3)c12. The van der Waals surface area contributed by atoms with Gasteiger partial charge < -0.3 is 19.7 Å². The number of thiophene rings is 1. The van der Waals surface area contributed by atoms with Crippen molar-refractivity contribution in [3.8, 4) is 16.2 Å². The number of methoxy groups -OCH3 is 1. The highest BCUT2D eigenvalue weighted by atomic mass is 32.1. The lowest BCUT2D eigenvalue weighted by molar-refractivity contribution is 0.0694. The molecule has 3 aromatic heterocycles. The molecule has 1 aromatic carbocycles. The number of pyridine rings is 1. The molecular formula is C27H24N4O5S. The Balaban J connectivity index is 1.44. The minimum absolute atomic E-state index is 0.134. The average molecular weight is 517 g/mol. The molecule has 0 bridgehead atoms. The molecule has 0 spiro atoms. The number of aromatic nitrogens is 3. The number of rotatable bonds is 6. The van der Waals surface area contributed by atoms with Crippen molar-refractivity contribution in [2.45, 2.75) is 44.2 Å². The molecule has 1 fully saturated rings. The second-order valence-corrected chi connectivity index (χ2v) is 10.5. The fourth-order valence-electron chi connectivity index (χ4n) is 5.11. The normalized spacial score (nSPS) is 16.8. The minimum Gasteiger partial charge on any atom is -0.494 e. The van der Waals surface area contributed by atoms with Gasteiger partial charge in [-0.1, -0.05) is 0 Å². The van der Waals surface area contributed by atoms with Crippen molar-refractivity contribution >= 4 is 34.1 Å². The molecule has 3 heterocycles. The van der Waals surface area contributed by atoms with Crippen LogP contribution in [0.25, 0.3) is 21.3 Å². The first-order valence-corrected chi connectivity index (χ1v) is 13.0. The number of carboxylic acid groups (broad SMARTS) is 1. The lowest BCUT2D eigenvalue weighted by Crippen LogP contribution is -2.30. The number of aryl methyl sites for hydroxylation is 1. The van der Waals surface area contributed by atoms with Gasteiger partial charge in [0.2, 0.25) is 5.43 Å². The maximum atomic E-state index is 13.0. The zero-order valence-electron chi connectivity index (χ0n) is 20.1. The Hall–Kier alpha value is -4.05. The number of carbonyl (C=O) groups excluding carboxylic acids is 1. The molecule has 2 aliphatic rings. The topological polar surface area (TPSA) is 123 Å². The van der Waals surface area contributed by atoms with Crippen molar-refractivity contribution < 1.29 is 19.4 Å². The highest BCUT2D eigenvalue weighted by Crippen LogP contribution is 2.46. The zero-order chi connectivity index (χ0) is 25.7. The van der Waals surface area contributed by atoms with Crippen LogP contribution in [-0.4, -0.2) is 38.6 Å². The van der Waals surface area contributed by atoms with Gasteiger partial charge >= 0.3 is 5.97 Å². The number of benzene rings is 1. The number of nitrogens with one attached hydrogen (secondary N) is 1. The number of hydrogen-bond acceptors (Lipinski definition) is 7. The van der Waals surface area contributed by atoms with Crippen LogP contribution in [-0.2, 0) is 6.42 Å². The number of carbonyl (C=O) groups is 2. The molecule has 2 N–H and O–H groups in total. The van der Waals surface area contributed by atoms with E-state index in [1.165, 1.54) is 17.4 Å². The molecule has 4 aromatic rings. The summed E-state index contributed by atoms with van der Waals surface area (Å²) in [7, 11) is 1.57. The van der Waals surface area contributed by atoms with E-state index < -0.39 is 11.4 Å². The fraction of sp³-hybridized carbons (Fsp3) is 0.296. The maximum Gasteiger partial charge on any atom is 0.341 e. The summed E-state index contributed by atoms with van der Waals surface area (Å²) in [4.78, 5) is 47.6. The van der Waals surface area contributed by atoms with Crippen LogP contribution >= 0.6 is 11.3 Å². The van der Waals surface area contributed by atoms with Gasteiger partial charge in [-0.05, 0) is 61.9 Å². The summed E-state index contributed by atoms with van der Waals surface area (Å²) in [6.07, 6.45) is 8.90. The van der Waals surface area contributed by atoms with E-state index in [4.69, 9.17) is 4.74 Å². The van der Waals surface area contributed by atoms with E-state index in [0.717, 1.165) is 48.1 Å². The Morgan fingerprint density at radius 3 is 2.76 bits per heavy atom. The standard InChI is InChI=1S/C27H24N4O5S/c1-36-25-15(7-8-16-23(25)31(14-5-6-14)12-18(24(16)32)27(34)35)22-11-17-19(3-2-4-21(17)37-22)30-26(33)20-9-10-28-13-29-20/h7-14,19H,2-6H2,1H3,(H,30,33)(H,34,35). The largest absolute Gasteiger partial charge is 0.494 e. The summed E-state index contributed by atoms with van der Waals surface area (Å²) in [5.74, 6) is -0.914. The minimum atomic E-state index is -1.23. The Morgan fingerprint density at radius 2 is 2.05 bits per heavy atom. The summed E-state index contributed by atoms with van der Waals surface area (Å²) >= 11 is 1.66. The Labute approximate surface area is 215 Å². The highest BCUT2D eigenvalue weighted by Gasteiger charge is 2.30.